The van der Waals surface area contributed by atoms with Gasteiger partial charge in [0.1, 0.15) is 10.4 Å². The van der Waals surface area contributed by atoms with Crippen LogP contribution in [-0.2, 0) is 14.8 Å². The van der Waals surface area contributed by atoms with Crippen molar-refractivity contribution in [3.05, 3.63) is 52.5 Å². The number of hydrogen-bond donors (Lipinski definition) is 0. The van der Waals surface area contributed by atoms with Gasteiger partial charge in [0, 0.05) is 6.20 Å². The summed E-state index contributed by atoms with van der Waals surface area (Å²) in [6.07, 6.45) is 1.13. The molecule has 0 aliphatic carbocycles. The van der Waals surface area contributed by atoms with Gasteiger partial charge in [-0.25, -0.2) is 21.6 Å². The fourth-order valence-corrected chi connectivity index (χ4v) is 3.71. The van der Waals surface area contributed by atoms with Crippen LogP contribution in [0.25, 0.3) is 0 Å². The van der Waals surface area contributed by atoms with Crippen LogP contribution in [0.4, 0.5) is 4.39 Å². The number of esters is 1. The summed E-state index contributed by atoms with van der Waals surface area (Å²) in [5.41, 5.74) is 0.0880. The molecule has 0 saturated heterocycles. The van der Waals surface area contributed by atoms with Gasteiger partial charge in [0.15, 0.2) is 0 Å². The van der Waals surface area contributed by atoms with Gasteiger partial charge in [-0.3, -0.25) is 0 Å². The first-order chi connectivity index (χ1) is 9.36. The summed E-state index contributed by atoms with van der Waals surface area (Å²) < 4.78 is 43.1. The molecule has 0 bridgehead atoms. The van der Waals surface area contributed by atoms with E-state index in [1.165, 1.54) is 13.2 Å². The number of hydrogen-bond acceptors (Lipinski definition) is 4. The Morgan fingerprint density at radius 2 is 1.90 bits per heavy atom. The lowest BCUT2D eigenvalue weighted by molar-refractivity contribution is 0.0601. The first-order valence-corrected chi connectivity index (χ1v) is 7.57. The highest BCUT2D eigenvalue weighted by atomic mass is 79.9. The molecule has 1 aromatic carbocycles. The molecule has 0 aliphatic heterocycles. The maximum atomic E-state index is 12.8. The number of carbonyl (C=O) groups is 1. The van der Waals surface area contributed by atoms with Crippen molar-refractivity contribution in [1.29, 1.82) is 0 Å². The average molecular weight is 362 g/mol. The van der Waals surface area contributed by atoms with E-state index in [2.05, 4.69) is 20.7 Å². The summed E-state index contributed by atoms with van der Waals surface area (Å²) in [6.45, 7) is 0. The SMILES string of the molecule is COC(=O)c1cc(Br)n(S(=O)(=O)c2ccc(F)cc2)c1. The highest BCUT2D eigenvalue weighted by molar-refractivity contribution is 9.10. The van der Waals surface area contributed by atoms with Gasteiger partial charge in [-0.1, -0.05) is 0 Å². The van der Waals surface area contributed by atoms with E-state index in [0.29, 0.717) is 0 Å². The molecule has 0 saturated carbocycles. The summed E-state index contributed by atoms with van der Waals surface area (Å²) in [5, 5.41) is 0. The summed E-state index contributed by atoms with van der Waals surface area (Å²) in [4.78, 5) is 11.3. The molecule has 0 radical (unpaired) electrons. The second-order valence-electron chi connectivity index (χ2n) is 3.80. The molecule has 5 nitrogen and oxygen atoms in total. The predicted octanol–water partition coefficient (Wildman–Crippen LogP) is 2.41. The Morgan fingerprint density at radius 3 is 2.45 bits per heavy atom. The van der Waals surface area contributed by atoms with Crippen LogP contribution >= 0.6 is 15.9 Å². The van der Waals surface area contributed by atoms with Gasteiger partial charge in [-0.05, 0) is 46.3 Å². The van der Waals surface area contributed by atoms with E-state index >= 15 is 0 Å². The first-order valence-electron chi connectivity index (χ1n) is 5.33. The average Bonchev–Trinajstić information content (AvgIpc) is 2.81. The Labute approximate surface area is 123 Å². The normalized spacial score (nSPS) is 11.3. The second-order valence-corrected chi connectivity index (χ2v) is 6.43. The van der Waals surface area contributed by atoms with Crippen molar-refractivity contribution >= 4 is 31.9 Å². The number of halogens is 2. The van der Waals surface area contributed by atoms with E-state index in [1.807, 2.05) is 0 Å². The van der Waals surface area contributed by atoms with Crippen LogP contribution in [-0.4, -0.2) is 25.5 Å². The van der Waals surface area contributed by atoms with Crippen molar-refractivity contribution in [2.45, 2.75) is 4.90 Å². The van der Waals surface area contributed by atoms with Gasteiger partial charge in [0.05, 0.1) is 17.6 Å². The van der Waals surface area contributed by atoms with Crippen LogP contribution < -0.4 is 0 Å². The van der Waals surface area contributed by atoms with Gasteiger partial charge < -0.3 is 4.74 Å². The maximum Gasteiger partial charge on any atom is 0.339 e. The molecule has 0 unspecified atom stereocenters. The largest absolute Gasteiger partial charge is 0.465 e. The molecular formula is C12H9BrFNO4S. The number of nitrogens with zero attached hydrogens (tertiary/aromatic N) is 1. The predicted molar refractivity (Wildman–Crippen MR) is 72.5 cm³/mol. The third-order valence-corrected chi connectivity index (χ3v) is 5.07. The number of aromatic nitrogens is 1. The molecule has 0 atom stereocenters. The lowest BCUT2D eigenvalue weighted by Gasteiger charge is -2.06. The van der Waals surface area contributed by atoms with Crippen LogP contribution in [0.3, 0.4) is 0 Å². The summed E-state index contributed by atoms with van der Waals surface area (Å²) >= 11 is 3.06. The number of methoxy groups -OCH3 is 1. The third kappa shape index (κ3) is 2.61. The highest BCUT2D eigenvalue weighted by Crippen LogP contribution is 2.23. The highest BCUT2D eigenvalue weighted by Gasteiger charge is 2.22. The molecule has 8 heteroatoms. The molecule has 0 amide bonds. The third-order valence-electron chi connectivity index (χ3n) is 2.53. The number of rotatable bonds is 3. The van der Waals surface area contributed by atoms with Crippen molar-refractivity contribution < 1.29 is 22.3 Å². The molecule has 106 valence electrons. The zero-order valence-electron chi connectivity index (χ0n) is 10.2. The molecule has 2 aromatic rings. The zero-order chi connectivity index (χ0) is 14.9. The lowest BCUT2D eigenvalue weighted by Crippen LogP contribution is -2.12. The Morgan fingerprint density at radius 1 is 1.30 bits per heavy atom. The molecule has 20 heavy (non-hydrogen) atoms. The van der Waals surface area contributed by atoms with Crippen molar-refractivity contribution in [3.63, 3.8) is 0 Å². The lowest BCUT2D eigenvalue weighted by atomic mass is 10.3. The Hall–Kier alpha value is -1.67. The minimum Gasteiger partial charge on any atom is -0.465 e. The minimum absolute atomic E-state index is 0.0880. The van der Waals surface area contributed by atoms with Gasteiger partial charge in [-0.15, -0.1) is 0 Å². The quantitative estimate of drug-likeness (QED) is 0.787. The topological polar surface area (TPSA) is 65.4 Å². The fraction of sp³-hybridized carbons (Fsp3) is 0.0833. The molecule has 0 spiro atoms. The fourth-order valence-electron chi connectivity index (χ4n) is 1.55. The molecule has 1 aromatic heterocycles. The summed E-state index contributed by atoms with van der Waals surface area (Å²) in [5.74, 6) is -1.19. The Bertz CT molecular complexity index is 752. The van der Waals surface area contributed by atoms with Crippen LogP contribution in [0.5, 0.6) is 0 Å². The number of benzene rings is 1. The second kappa shape index (κ2) is 5.37. The Kier molecular flexibility index (Phi) is 3.96. The van der Waals surface area contributed by atoms with E-state index in [4.69, 9.17) is 0 Å². The molecular weight excluding hydrogens is 353 g/mol. The van der Waals surface area contributed by atoms with Crippen LogP contribution in [0.15, 0.2) is 46.0 Å². The molecule has 1 heterocycles. The standard InChI is InChI=1S/C12H9BrFNO4S/c1-19-12(16)8-6-11(13)15(7-8)20(17,18)10-4-2-9(14)3-5-10/h2-7H,1H3. The van der Waals surface area contributed by atoms with Crippen LogP contribution in [0.1, 0.15) is 10.4 Å². The monoisotopic (exact) mass is 361 g/mol. The van der Waals surface area contributed by atoms with Gasteiger partial charge in [-0.2, -0.15) is 0 Å². The van der Waals surface area contributed by atoms with Gasteiger partial charge >= 0.3 is 5.97 Å². The van der Waals surface area contributed by atoms with E-state index in [-0.39, 0.29) is 15.1 Å². The molecule has 0 N–H and O–H groups in total. The van der Waals surface area contributed by atoms with Gasteiger partial charge in [0.25, 0.3) is 10.0 Å². The van der Waals surface area contributed by atoms with Crippen molar-refractivity contribution in [3.8, 4) is 0 Å². The van der Waals surface area contributed by atoms with Crippen LogP contribution in [0.2, 0.25) is 0 Å². The minimum atomic E-state index is -3.91. The summed E-state index contributed by atoms with van der Waals surface area (Å²) in [6, 6.07) is 5.72. The number of carbonyl (C=O) groups excluding carboxylic acids is 1. The smallest absolute Gasteiger partial charge is 0.339 e. The van der Waals surface area contributed by atoms with E-state index in [0.717, 1.165) is 34.4 Å². The Balaban J connectivity index is 2.52. The molecule has 0 aliphatic rings. The van der Waals surface area contributed by atoms with Crippen molar-refractivity contribution in [1.82, 2.24) is 3.97 Å². The first kappa shape index (κ1) is 14.7. The molecule has 0 fully saturated rings. The van der Waals surface area contributed by atoms with Crippen LogP contribution in [0, 0.1) is 5.82 Å². The van der Waals surface area contributed by atoms with E-state index in [1.54, 1.807) is 0 Å². The van der Waals surface area contributed by atoms with Crippen molar-refractivity contribution in [2.24, 2.45) is 0 Å². The maximum absolute atomic E-state index is 12.8. The number of ether oxygens (including phenoxy) is 1. The van der Waals surface area contributed by atoms with E-state index < -0.39 is 21.8 Å². The molecule has 2 rings (SSSR count). The summed E-state index contributed by atoms with van der Waals surface area (Å²) in [7, 11) is -2.72. The van der Waals surface area contributed by atoms with Crippen molar-refractivity contribution in [2.75, 3.05) is 7.11 Å². The van der Waals surface area contributed by atoms with E-state index in [9.17, 15) is 17.6 Å². The zero-order valence-corrected chi connectivity index (χ0v) is 12.6. The van der Waals surface area contributed by atoms with Gasteiger partial charge in [0.2, 0.25) is 0 Å².